The Labute approximate surface area is 95.1 Å². The summed E-state index contributed by atoms with van der Waals surface area (Å²) >= 11 is 0. The summed E-state index contributed by atoms with van der Waals surface area (Å²) in [4.78, 5) is 12.5. The van der Waals surface area contributed by atoms with Gasteiger partial charge in [-0.15, -0.1) is 0 Å². The molecule has 79 valence electrons. The van der Waals surface area contributed by atoms with Crippen LogP contribution >= 0.6 is 0 Å². The quantitative estimate of drug-likeness (QED) is 0.773. The van der Waals surface area contributed by atoms with Gasteiger partial charge in [0, 0.05) is 11.4 Å². The lowest BCUT2D eigenvalue weighted by atomic mass is 10.2. The van der Waals surface area contributed by atoms with E-state index in [4.69, 9.17) is 0 Å². The molecule has 0 N–H and O–H groups in total. The Morgan fingerprint density at radius 1 is 0.812 bits per heavy atom. The molecule has 0 amide bonds. The highest BCUT2D eigenvalue weighted by Crippen LogP contribution is 2.23. The molecule has 0 aliphatic rings. The van der Waals surface area contributed by atoms with E-state index in [9.17, 15) is 4.79 Å². The van der Waals surface area contributed by atoms with Crippen molar-refractivity contribution in [2.75, 3.05) is 11.4 Å². The fourth-order valence-corrected chi connectivity index (χ4v) is 1.61. The lowest BCUT2D eigenvalue weighted by Crippen LogP contribution is -2.18. The maximum Gasteiger partial charge on any atom is 0.219 e. The molecular formula is C14H12NO. The number of hydrogen-bond acceptors (Lipinski definition) is 2. The third kappa shape index (κ3) is 2.28. The van der Waals surface area contributed by atoms with E-state index >= 15 is 0 Å². The van der Waals surface area contributed by atoms with Crippen LogP contribution in [0.5, 0.6) is 0 Å². The zero-order valence-corrected chi connectivity index (χ0v) is 8.84. The average Bonchev–Trinajstić information content (AvgIpc) is 2.38. The van der Waals surface area contributed by atoms with Gasteiger partial charge in [-0.2, -0.15) is 0 Å². The smallest absolute Gasteiger partial charge is 0.219 e. The van der Waals surface area contributed by atoms with Crippen molar-refractivity contribution in [3.8, 4) is 0 Å². The third-order valence-corrected chi connectivity index (χ3v) is 2.36. The molecule has 0 aliphatic heterocycles. The molecule has 0 aliphatic carbocycles. The zero-order chi connectivity index (χ0) is 11.2. The van der Waals surface area contributed by atoms with E-state index in [0.29, 0.717) is 0 Å². The average molecular weight is 210 g/mol. The minimum Gasteiger partial charge on any atom is -0.334 e. The SMILES string of the molecule is O=[C]CN(c1ccccc1)c1ccccc1. The number of carbonyl (C=O) groups excluding carboxylic acids is 1. The Bertz CT molecular complexity index is 399. The van der Waals surface area contributed by atoms with E-state index in [1.807, 2.05) is 71.8 Å². The van der Waals surface area contributed by atoms with Crippen LogP contribution in [0.25, 0.3) is 0 Å². The van der Waals surface area contributed by atoms with Gasteiger partial charge in [-0.3, -0.25) is 4.79 Å². The Morgan fingerprint density at radius 3 is 1.62 bits per heavy atom. The fraction of sp³-hybridized carbons (Fsp3) is 0.0714. The van der Waals surface area contributed by atoms with E-state index in [1.165, 1.54) is 0 Å². The van der Waals surface area contributed by atoms with Crippen molar-refractivity contribution in [3.63, 3.8) is 0 Å². The van der Waals surface area contributed by atoms with Crippen LogP contribution in [0.2, 0.25) is 0 Å². The van der Waals surface area contributed by atoms with E-state index in [-0.39, 0.29) is 6.54 Å². The van der Waals surface area contributed by atoms with Crippen LogP contribution in [0.15, 0.2) is 60.7 Å². The lowest BCUT2D eigenvalue weighted by molar-refractivity contribution is 0.556. The monoisotopic (exact) mass is 210 g/mol. The minimum atomic E-state index is 0.244. The topological polar surface area (TPSA) is 20.3 Å². The highest BCUT2D eigenvalue weighted by Gasteiger charge is 2.07. The van der Waals surface area contributed by atoms with Gasteiger partial charge in [-0.25, -0.2) is 0 Å². The summed E-state index contributed by atoms with van der Waals surface area (Å²) in [6.07, 6.45) is 1.94. The van der Waals surface area contributed by atoms with Crippen molar-refractivity contribution in [1.82, 2.24) is 0 Å². The molecule has 2 heteroatoms. The first-order valence-electron chi connectivity index (χ1n) is 5.14. The van der Waals surface area contributed by atoms with Gasteiger partial charge in [-0.05, 0) is 24.3 Å². The predicted octanol–water partition coefficient (Wildman–Crippen LogP) is 2.93. The molecule has 0 spiro atoms. The first-order valence-corrected chi connectivity index (χ1v) is 5.14. The largest absolute Gasteiger partial charge is 0.334 e. The second-order valence-electron chi connectivity index (χ2n) is 3.40. The molecule has 2 aromatic rings. The van der Waals surface area contributed by atoms with Crippen LogP contribution in [0, 0.1) is 0 Å². The molecule has 0 saturated carbocycles. The van der Waals surface area contributed by atoms with Crippen LogP contribution in [0.3, 0.4) is 0 Å². The molecule has 0 atom stereocenters. The van der Waals surface area contributed by atoms with Crippen molar-refractivity contribution in [2.24, 2.45) is 0 Å². The number of rotatable bonds is 4. The van der Waals surface area contributed by atoms with Gasteiger partial charge < -0.3 is 4.90 Å². The number of nitrogens with zero attached hydrogens (tertiary/aromatic N) is 1. The molecule has 1 radical (unpaired) electrons. The standard InChI is InChI=1S/C14H12NO/c16-12-11-15(13-7-3-1-4-8-13)14-9-5-2-6-10-14/h1-10H,11H2. The lowest BCUT2D eigenvalue weighted by Gasteiger charge is -2.21. The molecule has 2 nitrogen and oxygen atoms in total. The van der Waals surface area contributed by atoms with Gasteiger partial charge in [-0.1, -0.05) is 36.4 Å². The number of anilines is 2. The van der Waals surface area contributed by atoms with Gasteiger partial charge in [0.15, 0.2) is 0 Å². The normalized spacial score (nSPS) is 9.75. The highest BCUT2D eigenvalue weighted by atomic mass is 16.1. The molecule has 2 rings (SSSR count). The third-order valence-electron chi connectivity index (χ3n) is 2.36. The first kappa shape index (κ1) is 10.4. The maximum absolute atomic E-state index is 10.6. The highest BCUT2D eigenvalue weighted by molar-refractivity contribution is 5.71. The molecule has 0 bridgehead atoms. The molecule has 0 aromatic heterocycles. The summed E-state index contributed by atoms with van der Waals surface area (Å²) in [6.45, 7) is 0.244. The summed E-state index contributed by atoms with van der Waals surface area (Å²) in [7, 11) is 0. The first-order chi connectivity index (χ1) is 7.92. The Hall–Kier alpha value is -2.09. The van der Waals surface area contributed by atoms with Crippen LogP contribution in [0.4, 0.5) is 11.4 Å². The van der Waals surface area contributed by atoms with E-state index < -0.39 is 0 Å². The molecule has 16 heavy (non-hydrogen) atoms. The van der Waals surface area contributed by atoms with Gasteiger partial charge in [0.1, 0.15) is 0 Å². The van der Waals surface area contributed by atoms with Gasteiger partial charge >= 0.3 is 0 Å². The minimum absolute atomic E-state index is 0.244. The molecule has 0 heterocycles. The Balaban J connectivity index is 2.35. The van der Waals surface area contributed by atoms with E-state index in [2.05, 4.69) is 0 Å². The van der Waals surface area contributed by atoms with E-state index in [0.717, 1.165) is 11.4 Å². The van der Waals surface area contributed by atoms with Crippen molar-refractivity contribution in [1.29, 1.82) is 0 Å². The van der Waals surface area contributed by atoms with Crippen molar-refractivity contribution in [3.05, 3.63) is 60.7 Å². The number of para-hydroxylation sites is 2. The number of benzene rings is 2. The van der Waals surface area contributed by atoms with Crippen molar-refractivity contribution < 1.29 is 4.79 Å². The zero-order valence-electron chi connectivity index (χ0n) is 8.84. The summed E-state index contributed by atoms with van der Waals surface area (Å²) < 4.78 is 0. The maximum atomic E-state index is 10.6. The van der Waals surface area contributed by atoms with Crippen molar-refractivity contribution >= 4 is 17.7 Å². The predicted molar refractivity (Wildman–Crippen MR) is 65.6 cm³/mol. The summed E-state index contributed by atoms with van der Waals surface area (Å²) in [5.41, 5.74) is 1.99. The second-order valence-corrected chi connectivity index (χ2v) is 3.40. The summed E-state index contributed by atoms with van der Waals surface area (Å²) in [6, 6.07) is 19.6. The van der Waals surface area contributed by atoms with Gasteiger partial charge in [0.2, 0.25) is 6.29 Å². The van der Waals surface area contributed by atoms with Gasteiger partial charge in [0.25, 0.3) is 0 Å². The van der Waals surface area contributed by atoms with Crippen molar-refractivity contribution in [2.45, 2.75) is 0 Å². The molecule has 2 aromatic carbocycles. The van der Waals surface area contributed by atoms with Crippen LogP contribution in [-0.4, -0.2) is 12.8 Å². The molecule has 0 unspecified atom stereocenters. The Morgan fingerprint density at radius 2 is 1.25 bits per heavy atom. The van der Waals surface area contributed by atoms with E-state index in [1.54, 1.807) is 0 Å². The summed E-state index contributed by atoms with van der Waals surface area (Å²) in [5, 5.41) is 0. The van der Waals surface area contributed by atoms with Crippen LogP contribution in [0.1, 0.15) is 0 Å². The summed E-state index contributed by atoms with van der Waals surface area (Å²) in [5.74, 6) is 0. The molecule has 0 fully saturated rings. The van der Waals surface area contributed by atoms with Gasteiger partial charge in [0.05, 0.1) is 6.54 Å². The number of hydrogen-bond donors (Lipinski definition) is 0. The fourth-order valence-electron chi connectivity index (χ4n) is 1.61. The molecular weight excluding hydrogens is 198 g/mol. The molecule has 0 saturated heterocycles. The Kier molecular flexibility index (Phi) is 3.34. The second kappa shape index (κ2) is 5.12. The van der Waals surface area contributed by atoms with Crippen LogP contribution < -0.4 is 4.90 Å². The van der Waals surface area contributed by atoms with Crippen LogP contribution in [-0.2, 0) is 4.79 Å².